The number of nitrogens with zero attached hydrogens (tertiary/aromatic N) is 1. The molecule has 6 nitrogen and oxygen atoms in total. The van der Waals surface area contributed by atoms with Crippen LogP contribution in [0.15, 0.2) is 66.2 Å². The summed E-state index contributed by atoms with van der Waals surface area (Å²) in [5.41, 5.74) is 4.32. The van der Waals surface area contributed by atoms with Crippen LogP contribution in [-0.2, 0) is 9.59 Å². The summed E-state index contributed by atoms with van der Waals surface area (Å²) in [4.78, 5) is 28.5. The van der Waals surface area contributed by atoms with Gasteiger partial charge in [0.2, 0.25) is 0 Å². The molecule has 0 aromatic heterocycles. The van der Waals surface area contributed by atoms with Crippen molar-refractivity contribution in [2.75, 3.05) is 19.1 Å². The van der Waals surface area contributed by atoms with E-state index in [0.717, 1.165) is 22.3 Å². The van der Waals surface area contributed by atoms with Gasteiger partial charge in [0.05, 0.1) is 31.5 Å². The molecule has 1 aliphatic rings. The van der Waals surface area contributed by atoms with E-state index in [-0.39, 0.29) is 17.3 Å². The molecule has 1 amide bonds. The van der Waals surface area contributed by atoms with Crippen LogP contribution in [0.25, 0.3) is 5.76 Å². The highest BCUT2D eigenvalue weighted by Crippen LogP contribution is 2.45. The number of methoxy groups -OCH3 is 2. The minimum Gasteiger partial charge on any atom is -0.507 e. The zero-order valence-corrected chi connectivity index (χ0v) is 21.5. The molecule has 1 N–H and O–H groups in total. The van der Waals surface area contributed by atoms with E-state index >= 15 is 0 Å². The van der Waals surface area contributed by atoms with Gasteiger partial charge >= 0.3 is 0 Å². The molecule has 186 valence electrons. The lowest BCUT2D eigenvalue weighted by Crippen LogP contribution is -2.29. The summed E-state index contributed by atoms with van der Waals surface area (Å²) in [5, 5.41) is 11.7. The second-order valence-electron chi connectivity index (χ2n) is 9.32. The average Bonchev–Trinajstić information content (AvgIpc) is 3.13. The van der Waals surface area contributed by atoms with Gasteiger partial charge in [-0.25, -0.2) is 0 Å². The van der Waals surface area contributed by atoms with E-state index < -0.39 is 17.7 Å². The van der Waals surface area contributed by atoms with Gasteiger partial charge in [-0.05, 0) is 60.7 Å². The van der Waals surface area contributed by atoms with Crippen LogP contribution in [0, 0.1) is 13.8 Å². The molecule has 3 aromatic carbocycles. The first-order valence-electron chi connectivity index (χ1n) is 11.9. The summed E-state index contributed by atoms with van der Waals surface area (Å²) in [6.07, 6.45) is 0. The predicted molar refractivity (Wildman–Crippen MR) is 141 cm³/mol. The number of anilines is 1. The third-order valence-corrected chi connectivity index (χ3v) is 6.60. The van der Waals surface area contributed by atoms with Crippen molar-refractivity contribution < 1.29 is 24.2 Å². The molecule has 0 aliphatic carbocycles. The van der Waals surface area contributed by atoms with Crippen LogP contribution >= 0.6 is 0 Å². The number of aliphatic hydroxyl groups excluding tert-OH is 1. The Labute approximate surface area is 211 Å². The van der Waals surface area contributed by atoms with E-state index in [9.17, 15) is 14.7 Å². The fourth-order valence-corrected chi connectivity index (χ4v) is 4.79. The molecule has 36 heavy (non-hydrogen) atoms. The van der Waals surface area contributed by atoms with Crippen molar-refractivity contribution in [1.29, 1.82) is 0 Å². The maximum absolute atomic E-state index is 13.6. The molecule has 1 unspecified atom stereocenters. The van der Waals surface area contributed by atoms with Crippen LogP contribution in [0.2, 0.25) is 0 Å². The molecule has 0 saturated carbocycles. The number of aryl methyl sites for hydroxylation is 2. The second kappa shape index (κ2) is 9.90. The van der Waals surface area contributed by atoms with Gasteiger partial charge in [0.25, 0.3) is 11.7 Å². The summed E-state index contributed by atoms with van der Waals surface area (Å²) < 4.78 is 11.1. The predicted octanol–water partition coefficient (Wildman–Crippen LogP) is 6.07. The van der Waals surface area contributed by atoms with Gasteiger partial charge in [0.15, 0.2) is 0 Å². The molecule has 1 fully saturated rings. The molecule has 6 heteroatoms. The monoisotopic (exact) mass is 485 g/mol. The molecular formula is C30H31NO5. The fraction of sp³-hybridized carbons (Fsp3) is 0.267. The smallest absolute Gasteiger partial charge is 0.300 e. The lowest BCUT2D eigenvalue weighted by molar-refractivity contribution is -0.132. The molecule has 0 radical (unpaired) electrons. The Morgan fingerprint density at radius 3 is 2.25 bits per heavy atom. The summed E-state index contributed by atoms with van der Waals surface area (Å²) in [7, 11) is 3.13. The molecule has 3 aromatic rings. The maximum atomic E-state index is 13.6. The first-order chi connectivity index (χ1) is 17.2. The highest BCUT2D eigenvalue weighted by Gasteiger charge is 2.48. The van der Waals surface area contributed by atoms with Crippen molar-refractivity contribution in [3.05, 3.63) is 94.1 Å². The second-order valence-corrected chi connectivity index (χ2v) is 9.32. The van der Waals surface area contributed by atoms with Crippen LogP contribution in [0.4, 0.5) is 5.69 Å². The van der Waals surface area contributed by atoms with Gasteiger partial charge < -0.3 is 14.6 Å². The normalized spacial score (nSPS) is 17.1. The van der Waals surface area contributed by atoms with Crippen molar-refractivity contribution >= 4 is 23.1 Å². The Hall–Kier alpha value is -4.06. The third-order valence-electron chi connectivity index (χ3n) is 6.60. The van der Waals surface area contributed by atoms with Crippen molar-refractivity contribution in [3.63, 3.8) is 0 Å². The van der Waals surface area contributed by atoms with E-state index in [0.29, 0.717) is 22.7 Å². The largest absolute Gasteiger partial charge is 0.507 e. The number of carbonyl (C=O) groups is 2. The number of benzene rings is 3. The van der Waals surface area contributed by atoms with E-state index in [2.05, 4.69) is 0 Å². The first kappa shape index (κ1) is 25.0. The van der Waals surface area contributed by atoms with Crippen LogP contribution < -0.4 is 14.4 Å². The number of carbonyl (C=O) groups excluding carboxylic acids is 2. The first-order valence-corrected chi connectivity index (χ1v) is 11.9. The maximum Gasteiger partial charge on any atom is 0.300 e. The summed E-state index contributed by atoms with van der Waals surface area (Å²) >= 11 is 0. The third kappa shape index (κ3) is 4.24. The molecule has 0 spiro atoms. The van der Waals surface area contributed by atoms with Crippen LogP contribution in [0.1, 0.15) is 53.6 Å². The van der Waals surface area contributed by atoms with Gasteiger partial charge in [-0.15, -0.1) is 0 Å². The Kier molecular flexibility index (Phi) is 6.88. The van der Waals surface area contributed by atoms with E-state index in [1.165, 1.54) is 12.0 Å². The van der Waals surface area contributed by atoms with Gasteiger partial charge in [-0.2, -0.15) is 0 Å². The number of ether oxygens (including phenoxy) is 2. The highest BCUT2D eigenvalue weighted by atomic mass is 16.5. The van der Waals surface area contributed by atoms with Crippen molar-refractivity contribution in [2.45, 2.75) is 39.7 Å². The fourth-order valence-electron chi connectivity index (χ4n) is 4.79. The van der Waals surface area contributed by atoms with Gasteiger partial charge in [-0.3, -0.25) is 14.5 Å². The topological polar surface area (TPSA) is 76.1 Å². The summed E-state index contributed by atoms with van der Waals surface area (Å²) in [6, 6.07) is 17.5. The number of hydrogen-bond acceptors (Lipinski definition) is 5. The van der Waals surface area contributed by atoms with Gasteiger partial charge in [0.1, 0.15) is 17.3 Å². The van der Waals surface area contributed by atoms with E-state index in [4.69, 9.17) is 9.47 Å². The average molecular weight is 486 g/mol. The summed E-state index contributed by atoms with van der Waals surface area (Å²) in [5.74, 6) is -0.382. The van der Waals surface area contributed by atoms with Crippen LogP contribution in [-0.4, -0.2) is 31.0 Å². The van der Waals surface area contributed by atoms with E-state index in [1.54, 1.807) is 31.4 Å². The van der Waals surface area contributed by atoms with Crippen LogP contribution in [0.5, 0.6) is 11.5 Å². The van der Waals surface area contributed by atoms with Gasteiger partial charge in [0, 0.05) is 5.56 Å². The number of rotatable bonds is 6. The quantitative estimate of drug-likeness (QED) is 0.261. The summed E-state index contributed by atoms with van der Waals surface area (Å²) in [6.45, 7) is 7.86. The Morgan fingerprint density at radius 1 is 0.917 bits per heavy atom. The number of hydrogen-bond donors (Lipinski definition) is 1. The Balaban J connectivity index is 2.02. The van der Waals surface area contributed by atoms with Crippen molar-refractivity contribution in [2.24, 2.45) is 0 Å². The minimum atomic E-state index is -0.829. The van der Waals surface area contributed by atoms with Crippen LogP contribution in [0.3, 0.4) is 0 Å². The zero-order chi connectivity index (χ0) is 26.1. The minimum absolute atomic E-state index is 0.0412. The van der Waals surface area contributed by atoms with Crippen molar-refractivity contribution in [3.8, 4) is 11.5 Å². The number of Topliss-reactive ketones (excluding diaryl/α,β-unsaturated/α-hetero) is 1. The molecule has 0 bridgehead atoms. The molecule has 1 atom stereocenters. The molecule has 1 aliphatic heterocycles. The molecule has 1 heterocycles. The van der Waals surface area contributed by atoms with Gasteiger partial charge in [-0.1, -0.05) is 55.8 Å². The lowest BCUT2D eigenvalue weighted by Gasteiger charge is -2.27. The number of ketones is 1. The zero-order valence-electron chi connectivity index (χ0n) is 21.5. The molecule has 4 rings (SSSR count). The number of amides is 1. The SMILES string of the molecule is COc1cc(C)c(/C(O)=C2\C(=O)C(=O)N(c3ccccc3OC)C2c2cccc(C)c2)cc1C(C)C. The molecular weight excluding hydrogens is 454 g/mol. The lowest BCUT2D eigenvalue weighted by atomic mass is 9.90. The number of para-hydroxylation sites is 2. The van der Waals surface area contributed by atoms with Crippen molar-refractivity contribution in [1.82, 2.24) is 0 Å². The molecule has 1 saturated heterocycles. The number of aliphatic hydroxyl groups is 1. The standard InChI is InChI=1S/C30H31NO5/c1-17(2)21-16-22(19(4)15-25(21)36-6)28(32)26-27(20-11-9-10-18(3)14-20)31(30(34)29(26)33)23-12-7-8-13-24(23)35-5/h7-17,27,32H,1-6H3/b28-26+. The Morgan fingerprint density at radius 2 is 1.61 bits per heavy atom. The Bertz CT molecular complexity index is 1370. The van der Waals surface area contributed by atoms with E-state index in [1.807, 2.05) is 64.1 Å². The highest BCUT2D eigenvalue weighted by molar-refractivity contribution is 6.52.